The molecule has 7 heteroatoms. The highest BCUT2D eigenvalue weighted by Gasteiger charge is 2.20. The molecule has 1 fully saturated rings. The van der Waals surface area contributed by atoms with Crippen LogP contribution in [0.3, 0.4) is 0 Å². The maximum absolute atomic E-state index is 12.7. The van der Waals surface area contributed by atoms with E-state index >= 15 is 0 Å². The molecule has 0 aliphatic carbocycles. The van der Waals surface area contributed by atoms with Gasteiger partial charge in [-0.25, -0.2) is 8.42 Å². The van der Waals surface area contributed by atoms with Crippen LogP contribution in [-0.4, -0.2) is 28.6 Å². The molecule has 1 aliphatic heterocycles. The van der Waals surface area contributed by atoms with Crippen LogP contribution in [0.2, 0.25) is 5.02 Å². The van der Waals surface area contributed by atoms with Gasteiger partial charge in [0, 0.05) is 29.5 Å². The number of halogens is 1. The van der Waals surface area contributed by atoms with Crippen LogP contribution in [0.25, 0.3) is 0 Å². The van der Waals surface area contributed by atoms with Crippen LogP contribution in [-0.2, 0) is 10.0 Å². The molecule has 0 saturated carbocycles. The number of methoxy groups -OCH3 is 1. The van der Waals surface area contributed by atoms with Gasteiger partial charge in [0.1, 0.15) is 10.6 Å². The van der Waals surface area contributed by atoms with Crippen molar-refractivity contribution in [2.45, 2.75) is 24.2 Å². The van der Waals surface area contributed by atoms with Crippen molar-refractivity contribution in [3.63, 3.8) is 0 Å². The van der Waals surface area contributed by atoms with E-state index in [-0.39, 0.29) is 10.6 Å². The zero-order valence-electron chi connectivity index (χ0n) is 14.0. The fourth-order valence-corrected chi connectivity index (χ4v) is 4.45. The molecule has 2 aromatic rings. The van der Waals surface area contributed by atoms with Gasteiger partial charge < -0.3 is 9.64 Å². The lowest BCUT2D eigenvalue weighted by molar-refractivity contribution is 0.403. The van der Waals surface area contributed by atoms with Gasteiger partial charge in [0.15, 0.2) is 0 Å². The van der Waals surface area contributed by atoms with Crippen LogP contribution in [0.1, 0.15) is 19.3 Å². The minimum atomic E-state index is -3.79. The van der Waals surface area contributed by atoms with Gasteiger partial charge in [-0.1, -0.05) is 11.6 Å². The molecule has 2 aromatic carbocycles. The van der Waals surface area contributed by atoms with Crippen LogP contribution >= 0.6 is 11.6 Å². The SMILES string of the molecule is COc1ccc(Cl)cc1S(=O)(=O)Nc1ccc(N2CCCCC2)cc1. The Morgan fingerprint density at radius 3 is 2.36 bits per heavy atom. The quantitative estimate of drug-likeness (QED) is 0.846. The van der Waals surface area contributed by atoms with Crippen molar-refractivity contribution in [2.24, 2.45) is 0 Å². The molecule has 0 aromatic heterocycles. The third-order valence-electron chi connectivity index (χ3n) is 4.26. The van der Waals surface area contributed by atoms with Crippen LogP contribution in [0.5, 0.6) is 5.75 Å². The number of benzene rings is 2. The summed E-state index contributed by atoms with van der Waals surface area (Å²) in [5.41, 5.74) is 1.62. The molecule has 0 atom stereocenters. The van der Waals surface area contributed by atoms with Gasteiger partial charge in [-0.15, -0.1) is 0 Å². The molecule has 1 N–H and O–H groups in total. The summed E-state index contributed by atoms with van der Waals surface area (Å²) in [6.07, 6.45) is 3.67. The minimum Gasteiger partial charge on any atom is -0.495 e. The summed E-state index contributed by atoms with van der Waals surface area (Å²) in [5.74, 6) is 0.252. The molecule has 3 rings (SSSR count). The first-order chi connectivity index (χ1) is 12.0. The third kappa shape index (κ3) is 4.19. The van der Waals surface area contributed by atoms with Gasteiger partial charge in [0.05, 0.1) is 7.11 Å². The summed E-state index contributed by atoms with van der Waals surface area (Å²) in [5, 5.41) is 0.335. The van der Waals surface area contributed by atoms with Crippen molar-refractivity contribution < 1.29 is 13.2 Å². The molecule has 134 valence electrons. The maximum atomic E-state index is 12.7. The summed E-state index contributed by atoms with van der Waals surface area (Å²) < 4.78 is 33.0. The minimum absolute atomic E-state index is 0.0163. The predicted octanol–water partition coefficient (Wildman–Crippen LogP) is 4.14. The van der Waals surface area contributed by atoms with Gasteiger partial charge in [0.2, 0.25) is 0 Å². The van der Waals surface area contributed by atoms with E-state index in [0.29, 0.717) is 10.7 Å². The molecular formula is C18H21ClN2O3S. The molecule has 1 heterocycles. The summed E-state index contributed by atoms with van der Waals surface area (Å²) >= 11 is 5.94. The van der Waals surface area contributed by atoms with E-state index in [1.165, 1.54) is 38.5 Å². The fraction of sp³-hybridized carbons (Fsp3) is 0.333. The summed E-state index contributed by atoms with van der Waals surface area (Å²) in [6.45, 7) is 2.09. The maximum Gasteiger partial charge on any atom is 0.265 e. The number of sulfonamides is 1. The van der Waals surface area contributed by atoms with E-state index < -0.39 is 10.0 Å². The fourth-order valence-electron chi connectivity index (χ4n) is 2.96. The summed E-state index contributed by atoms with van der Waals surface area (Å²) in [7, 11) is -2.36. The molecule has 0 radical (unpaired) electrons. The Morgan fingerprint density at radius 2 is 1.72 bits per heavy atom. The number of nitrogens with one attached hydrogen (secondary N) is 1. The van der Waals surface area contributed by atoms with E-state index in [0.717, 1.165) is 18.8 Å². The second-order valence-electron chi connectivity index (χ2n) is 6.00. The monoisotopic (exact) mass is 380 g/mol. The van der Waals surface area contributed by atoms with Crippen molar-refractivity contribution in [1.82, 2.24) is 0 Å². The van der Waals surface area contributed by atoms with Crippen molar-refractivity contribution in [2.75, 3.05) is 29.8 Å². The molecule has 0 unspecified atom stereocenters. The number of ether oxygens (including phenoxy) is 1. The number of anilines is 2. The summed E-state index contributed by atoms with van der Waals surface area (Å²) in [4.78, 5) is 2.34. The molecule has 1 saturated heterocycles. The standard InChI is InChI=1S/C18H21ClN2O3S/c1-24-17-10-5-14(19)13-18(17)25(22,23)20-15-6-8-16(9-7-15)21-11-3-2-4-12-21/h5-10,13,20H,2-4,11-12H2,1H3. The first-order valence-corrected chi connectivity index (χ1v) is 10.1. The van der Waals surface area contributed by atoms with E-state index in [4.69, 9.17) is 16.3 Å². The van der Waals surface area contributed by atoms with Gasteiger partial charge in [-0.05, 0) is 61.7 Å². The lowest BCUT2D eigenvalue weighted by Crippen LogP contribution is -2.29. The predicted molar refractivity (Wildman–Crippen MR) is 101 cm³/mol. The molecule has 0 spiro atoms. The highest BCUT2D eigenvalue weighted by molar-refractivity contribution is 7.92. The van der Waals surface area contributed by atoms with E-state index in [1.54, 1.807) is 18.2 Å². The molecule has 25 heavy (non-hydrogen) atoms. The number of hydrogen-bond donors (Lipinski definition) is 1. The van der Waals surface area contributed by atoms with Crippen LogP contribution in [0.4, 0.5) is 11.4 Å². The Bertz CT molecular complexity index is 832. The van der Waals surface area contributed by atoms with Crippen molar-refractivity contribution in [1.29, 1.82) is 0 Å². The van der Waals surface area contributed by atoms with Crippen molar-refractivity contribution in [3.05, 3.63) is 47.5 Å². The number of hydrogen-bond acceptors (Lipinski definition) is 4. The van der Waals surface area contributed by atoms with E-state index in [1.807, 2.05) is 12.1 Å². The average Bonchev–Trinajstić information content (AvgIpc) is 2.63. The largest absolute Gasteiger partial charge is 0.495 e. The first-order valence-electron chi connectivity index (χ1n) is 8.21. The Kier molecular flexibility index (Phi) is 5.39. The normalized spacial score (nSPS) is 15.0. The lowest BCUT2D eigenvalue weighted by Gasteiger charge is -2.28. The average molecular weight is 381 g/mol. The smallest absolute Gasteiger partial charge is 0.265 e. The second kappa shape index (κ2) is 7.54. The zero-order chi connectivity index (χ0) is 17.9. The first kappa shape index (κ1) is 17.9. The zero-order valence-corrected chi connectivity index (χ0v) is 15.6. The van der Waals surface area contributed by atoms with E-state index in [2.05, 4.69) is 9.62 Å². The summed E-state index contributed by atoms with van der Waals surface area (Å²) in [6, 6.07) is 11.9. The van der Waals surface area contributed by atoms with Crippen LogP contribution in [0.15, 0.2) is 47.4 Å². The molecule has 0 amide bonds. The molecule has 1 aliphatic rings. The van der Waals surface area contributed by atoms with E-state index in [9.17, 15) is 8.42 Å². The lowest BCUT2D eigenvalue weighted by atomic mass is 10.1. The van der Waals surface area contributed by atoms with Gasteiger partial charge in [0.25, 0.3) is 10.0 Å². The number of nitrogens with zero attached hydrogens (tertiary/aromatic N) is 1. The van der Waals surface area contributed by atoms with Gasteiger partial charge in [-0.3, -0.25) is 4.72 Å². The van der Waals surface area contributed by atoms with Crippen LogP contribution in [0, 0.1) is 0 Å². The van der Waals surface area contributed by atoms with Crippen molar-refractivity contribution in [3.8, 4) is 5.75 Å². The second-order valence-corrected chi connectivity index (χ2v) is 8.08. The Labute approximate surface area is 153 Å². The van der Waals surface area contributed by atoms with Crippen LogP contribution < -0.4 is 14.4 Å². The van der Waals surface area contributed by atoms with Gasteiger partial charge >= 0.3 is 0 Å². The Balaban J connectivity index is 1.80. The molecule has 0 bridgehead atoms. The number of rotatable bonds is 5. The Morgan fingerprint density at radius 1 is 1.04 bits per heavy atom. The highest BCUT2D eigenvalue weighted by Crippen LogP contribution is 2.29. The topological polar surface area (TPSA) is 58.6 Å². The number of piperidine rings is 1. The highest BCUT2D eigenvalue weighted by atomic mass is 35.5. The molecule has 5 nitrogen and oxygen atoms in total. The molecular weight excluding hydrogens is 360 g/mol. The van der Waals surface area contributed by atoms with Gasteiger partial charge in [-0.2, -0.15) is 0 Å². The van der Waals surface area contributed by atoms with Crippen molar-refractivity contribution >= 4 is 33.0 Å². The Hall–Kier alpha value is -1.92. The third-order valence-corrected chi connectivity index (χ3v) is 5.89.